The molecule has 2 aromatic carbocycles. The summed E-state index contributed by atoms with van der Waals surface area (Å²) >= 11 is 0. The average molecular weight is 405 g/mol. The lowest BCUT2D eigenvalue weighted by atomic mass is 10.1. The van der Waals surface area contributed by atoms with E-state index < -0.39 is 0 Å². The fourth-order valence-corrected chi connectivity index (χ4v) is 3.32. The van der Waals surface area contributed by atoms with Crippen molar-refractivity contribution >= 4 is 11.7 Å². The van der Waals surface area contributed by atoms with Crippen LogP contribution >= 0.6 is 0 Å². The predicted molar refractivity (Wildman–Crippen MR) is 118 cm³/mol. The van der Waals surface area contributed by atoms with Crippen molar-refractivity contribution < 1.29 is 14.0 Å². The van der Waals surface area contributed by atoms with E-state index >= 15 is 0 Å². The number of hydrogen-bond donors (Lipinski definition) is 1. The minimum absolute atomic E-state index is 0.0161. The highest BCUT2D eigenvalue weighted by atomic mass is 16.3. The SMILES string of the molecule is CCN(CC)Cc1ccccc1CNC(=O)c1ccc(-c2ccc(C(C)=O)cc2)o1. The number of nitrogens with zero attached hydrogens (tertiary/aromatic N) is 1. The van der Waals surface area contributed by atoms with Crippen molar-refractivity contribution in [2.45, 2.75) is 33.9 Å². The van der Waals surface area contributed by atoms with Gasteiger partial charge in [0.15, 0.2) is 11.5 Å². The Labute approximate surface area is 177 Å². The molecule has 0 fully saturated rings. The van der Waals surface area contributed by atoms with Gasteiger partial charge in [0.05, 0.1) is 0 Å². The van der Waals surface area contributed by atoms with Gasteiger partial charge in [-0.15, -0.1) is 0 Å². The Morgan fingerprint density at radius 1 is 0.900 bits per heavy atom. The van der Waals surface area contributed by atoms with Gasteiger partial charge < -0.3 is 9.73 Å². The fourth-order valence-electron chi connectivity index (χ4n) is 3.32. The lowest BCUT2D eigenvalue weighted by Gasteiger charge is -2.20. The van der Waals surface area contributed by atoms with Crippen molar-refractivity contribution in [1.29, 1.82) is 0 Å². The molecule has 3 aromatic rings. The van der Waals surface area contributed by atoms with Gasteiger partial charge in [-0.1, -0.05) is 62.4 Å². The van der Waals surface area contributed by atoms with E-state index in [9.17, 15) is 9.59 Å². The van der Waals surface area contributed by atoms with Gasteiger partial charge in [-0.3, -0.25) is 14.5 Å². The molecule has 0 saturated heterocycles. The average Bonchev–Trinajstić information content (AvgIpc) is 3.27. The highest BCUT2D eigenvalue weighted by Gasteiger charge is 2.14. The number of furan rings is 1. The molecule has 0 aliphatic carbocycles. The Balaban J connectivity index is 1.66. The largest absolute Gasteiger partial charge is 0.451 e. The van der Waals surface area contributed by atoms with Gasteiger partial charge in [-0.2, -0.15) is 0 Å². The van der Waals surface area contributed by atoms with Crippen LogP contribution in [0.4, 0.5) is 0 Å². The summed E-state index contributed by atoms with van der Waals surface area (Å²) < 4.78 is 5.74. The maximum absolute atomic E-state index is 12.6. The van der Waals surface area contributed by atoms with Crippen LogP contribution in [0.3, 0.4) is 0 Å². The molecule has 0 bridgehead atoms. The molecule has 5 nitrogen and oxygen atoms in total. The van der Waals surface area contributed by atoms with E-state index in [-0.39, 0.29) is 17.5 Å². The number of carbonyl (C=O) groups is 2. The van der Waals surface area contributed by atoms with Gasteiger partial charge in [-0.25, -0.2) is 0 Å². The Bertz CT molecular complexity index is 1000. The third-order valence-corrected chi connectivity index (χ3v) is 5.25. The van der Waals surface area contributed by atoms with Crippen molar-refractivity contribution in [3.05, 3.63) is 83.1 Å². The van der Waals surface area contributed by atoms with Gasteiger partial charge in [0.25, 0.3) is 5.91 Å². The van der Waals surface area contributed by atoms with Gasteiger partial charge in [-0.05, 0) is 43.3 Å². The maximum atomic E-state index is 12.6. The maximum Gasteiger partial charge on any atom is 0.287 e. The van der Waals surface area contributed by atoms with Crippen molar-refractivity contribution in [3.63, 3.8) is 0 Å². The van der Waals surface area contributed by atoms with Crippen molar-refractivity contribution in [2.24, 2.45) is 0 Å². The van der Waals surface area contributed by atoms with Crippen LogP contribution in [0.15, 0.2) is 65.1 Å². The third-order valence-electron chi connectivity index (χ3n) is 5.25. The van der Waals surface area contributed by atoms with E-state index in [1.165, 1.54) is 12.5 Å². The van der Waals surface area contributed by atoms with E-state index in [2.05, 4.69) is 30.1 Å². The first-order valence-electron chi connectivity index (χ1n) is 10.3. The van der Waals surface area contributed by atoms with Crippen molar-refractivity contribution in [3.8, 4) is 11.3 Å². The van der Waals surface area contributed by atoms with E-state index in [1.807, 2.05) is 30.3 Å². The van der Waals surface area contributed by atoms with Crippen LogP contribution in [0.25, 0.3) is 11.3 Å². The second-order valence-electron chi connectivity index (χ2n) is 7.21. The zero-order valence-electron chi connectivity index (χ0n) is 17.8. The van der Waals surface area contributed by atoms with E-state index in [0.717, 1.165) is 30.8 Å². The Morgan fingerprint density at radius 3 is 2.20 bits per heavy atom. The summed E-state index contributed by atoms with van der Waals surface area (Å²) in [4.78, 5) is 26.3. The zero-order chi connectivity index (χ0) is 21.5. The molecule has 156 valence electrons. The predicted octanol–water partition coefficient (Wildman–Crippen LogP) is 4.92. The molecule has 0 aliphatic rings. The topological polar surface area (TPSA) is 62.6 Å². The number of amides is 1. The monoisotopic (exact) mass is 404 g/mol. The zero-order valence-corrected chi connectivity index (χ0v) is 17.8. The molecule has 0 radical (unpaired) electrons. The smallest absolute Gasteiger partial charge is 0.287 e. The normalized spacial score (nSPS) is 10.9. The van der Waals surface area contributed by atoms with Crippen LogP contribution in [0.2, 0.25) is 0 Å². The Kier molecular flexibility index (Phi) is 7.20. The Morgan fingerprint density at radius 2 is 1.57 bits per heavy atom. The van der Waals surface area contributed by atoms with Crippen molar-refractivity contribution in [2.75, 3.05) is 13.1 Å². The second kappa shape index (κ2) is 10.0. The molecular weight excluding hydrogens is 376 g/mol. The first kappa shape index (κ1) is 21.5. The Hall–Kier alpha value is -3.18. The quantitative estimate of drug-likeness (QED) is 0.514. The lowest BCUT2D eigenvalue weighted by molar-refractivity contribution is 0.0923. The molecule has 0 atom stereocenters. The molecule has 1 amide bonds. The number of Topliss-reactive ketones (excluding diaryl/α,β-unsaturated/α-hetero) is 1. The number of rotatable bonds is 9. The minimum Gasteiger partial charge on any atom is -0.451 e. The molecule has 0 saturated carbocycles. The standard InChI is InChI=1S/C25H28N2O3/c1-4-27(5-2)17-22-9-7-6-8-21(22)16-26-25(29)24-15-14-23(30-24)20-12-10-19(11-13-20)18(3)28/h6-15H,4-5,16-17H2,1-3H3,(H,26,29). The van der Waals surface area contributed by atoms with Crippen LogP contribution in [0.5, 0.6) is 0 Å². The molecule has 0 spiro atoms. The fraction of sp³-hybridized carbons (Fsp3) is 0.280. The van der Waals surface area contributed by atoms with E-state index in [1.54, 1.807) is 24.3 Å². The molecule has 0 unspecified atom stereocenters. The van der Waals surface area contributed by atoms with Crippen LogP contribution in [0.1, 0.15) is 52.8 Å². The number of ketones is 1. The lowest BCUT2D eigenvalue weighted by Crippen LogP contribution is -2.25. The van der Waals surface area contributed by atoms with Gasteiger partial charge >= 0.3 is 0 Å². The number of hydrogen-bond acceptors (Lipinski definition) is 4. The van der Waals surface area contributed by atoms with E-state index in [4.69, 9.17) is 4.42 Å². The summed E-state index contributed by atoms with van der Waals surface area (Å²) in [7, 11) is 0. The molecule has 30 heavy (non-hydrogen) atoms. The first-order valence-corrected chi connectivity index (χ1v) is 10.3. The molecule has 5 heteroatoms. The second-order valence-corrected chi connectivity index (χ2v) is 7.21. The van der Waals surface area contributed by atoms with Crippen LogP contribution in [-0.4, -0.2) is 29.7 Å². The molecule has 3 rings (SSSR count). The van der Waals surface area contributed by atoms with Gasteiger partial charge in [0.2, 0.25) is 0 Å². The molecule has 1 aromatic heterocycles. The van der Waals surface area contributed by atoms with Crippen LogP contribution < -0.4 is 5.32 Å². The van der Waals surface area contributed by atoms with Gasteiger partial charge in [0.1, 0.15) is 5.76 Å². The van der Waals surface area contributed by atoms with Crippen molar-refractivity contribution in [1.82, 2.24) is 10.2 Å². The summed E-state index contributed by atoms with van der Waals surface area (Å²) in [6.07, 6.45) is 0. The molecule has 0 aliphatic heterocycles. The number of benzene rings is 2. The summed E-state index contributed by atoms with van der Waals surface area (Å²) in [6, 6.07) is 18.8. The molecule has 1 heterocycles. The third kappa shape index (κ3) is 5.24. The van der Waals surface area contributed by atoms with Crippen LogP contribution in [-0.2, 0) is 13.1 Å². The summed E-state index contributed by atoms with van der Waals surface area (Å²) in [5.41, 5.74) is 3.78. The molecule has 1 N–H and O–H groups in total. The number of nitrogens with one attached hydrogen (secondary N) is 1. The summed E-state index contributed by atoms with van der Waals surface area (Å²) in [5.74, 6) is 0.626. The molecular formula is C25H28N2O3. The summed E-state index contributed by atoms with van der Waals surface area (Å²) in [5, 5.41) is 2.96. The van der Waals surface area contributed by atoms with E-state index in [0.29, 0.717) is 17.9 Å². The van der Waals surface area contributed by atoms with Crippen LogP contribution in [0, 0.1) is 0 Å². The minimum atomic E-state index is -0.251. The summed E-state index contributed by atoms with van der Waals surface area (Å²) in [6.45, 7) is 9.11. The highest BCUT2D eigenvalue weighted by Crippen LogP contribution is 2.23. The van der Waals surface area contributed by atoms with Gasteiger partial charge in [0, 0.05) is 24.2 Å². The highest BCUT2D eigenvalue weighted by molar-refractivity contribution is 5.94. The first-order chi connectivity index (χ1) is 14.5. The number of carbonyl (C=O) groups excluding carboxylic acids is 2.